The van der Waals surface area contributed by atoms with Crippen molar-refractivity contribution >= 4 is 21.4 Å². The molecular weight excluding hydrogens is 374 g/mol. The van der Waals surface area contributed by atoms with E-state index in [4.69, 9.17) is 19.6 Å². The first-order valence-corrected chi connectivity index (χ1v) is 9.66. The van der Waals surface area contributed by atoms with Crippen LogP contribution in [0.2, 0.25) is 0 Å². The van der Waals surface area contributed by atoms with Gasteiger partial charge in [-0.15, -0.1) is 5.10 Å². The third kappa shape index (κ3) is 3.41. The fourth-order valence-corrected chi connectivity index (χ4v) is 3.89. The molecule has 0 atom stereocenters. The molecule has 7 nitrogen and oxygen atoms in total. The van der Waals surface area contributed by atoms with E-state index in [0.717, 1.165) is 27.1 Å². The Morgan fingerprint density at radius 3 is 2.79 bits per heavy atom. The van der Waals surface area contributed by atoms with E-state index in [1.165, 1.54) is 5.56 Å². The highest BCUT2D eigenvalue weighted by Gasteiger charge is 2.19. The number of benzene rings is 1. The predicted octanol–water partition coefficient (Wildman–Crippen LogP) is 3.71. The summed E-state index contributed by atoms with van der Waals surface area (Å²) in [5.74, 6) is 0.792. The van der Waals surface area contributed by atoms with Crippen molar-refractivity contribution in [2.24, 2.45) is 0 Å². The Morgan fingerprint density at radius 2 is 2.04 bits per heavy atom. The van der Waals surface area contributed by atoms with Gasteiger partial charge in [0, 0.05) is 24.5 Å². The third-order valence-corrected chi connectivity index (χ3v) is 5.33. The summed E-state index contributed by atoms with van der Waals surface area (Å²) in [7, 11) is 0. The first kappa shape index (κ1) is 16.8. The van der Waals surface area contributed by atoms with Gasteiger partial charge in [-0.05, 0) is 17.7 Å². The van der Waals surface area contributed by atoms with E-state index in [2.05, 4.69) is 22.0 Å². The second kappa shape index (κ2) is 7.32. The molecule has 0 unspecified atom stereocenters. The highest BCUT2D eigenvalue weighted by Crippen LogP contribution is 2.28. The molecule has 0 radical (unpaired) electrons. The normalized spacial score (nSPS) is 13.2. The van der Waals surface area contributed by atoms with Gasteiger partial charge in [-0.3, -0.25) is 4.98 Å². The van der Waals surface area contributed by atoms with Crippen LogP contribution in [0, 0.1) is 0 Å². The van der Waals surface area contributed by atoms with Crippen LogP contribution < -0.4 is 4.90 Å². The molecule has 8 heteroatoms. The van der Waals surface area contributed by atoms with E-state index in [1.54, 1.807) is 30.0 Å². The van der Waals surface area contributed by atoms with Crippen LogP contribution in [0.3, 0.4) is 0 Å². The van der Waals surface area contributed by atoms with Gasteiger partial charge in [0.15, 0.2) is 5.76 Å². The minimum Gasteiger partial charge on any atom is -0.462 e. The Labute approximate surface area is 165 Å². The highest BCUT2D eigenvalue weighted by molar-refractivity contribution is 7.20. The number of nitrogens with zero attached hydrogens (tertiary/aromatic N) is 5. The van der Waals surface area contributed by atoms with Gasteiger partial charge < -0.3 is 14.4 Å². The number of fused-ring (bicyclic) bond motifs is 1. The molecule has 5 rings (SSSR count). The van der Waals surface area contributed by atoms with Gasteiger partial charge in [0.05, 0.1) is 18.4 Å². The lowest BCUT2D eigenvalue weighted by molar-refractivity contribution is 0.0797. The Kier molecular flexibility index (Phi) is 4.38. The second-order valence-corrected chi connectivity index (χ2v) is 7.27. The maximum Gasteiger partial charge on any atom is 0.229 e. The zero-order chi connectivity index (χ0) is 18.8. The van der Waals surface area contributed by atoms with Crippen molar-refractivity contribution in [3.63, 3.8) is 0 Å². The fourth-order valence-electron chi connectivity index (χ4n) is 3.01. The van der Waals surface area contributed by atoms with E-state index >= 15 is 0 Å². The number of imidazole rings is 1. The Balaban J connectivity index is 1.45. The standard InChI is InChI=1S/C20H17N5O2S/c1-2-5-15(6-3-1)10-24(11-17-13-26-14-27-17)20-23-25-12-18(22-19(25)28-20)16-7-4-8-21-9-16/h1-9,12-13H,10-11,14H2. The summed E-state index contributed by atoms with van der Waals surface area (Å²) in [5, 5.41) is 5.63. The maximum absolute atomic E-state index is 5.52. The van der Waals surface area contributed by atoms with Crippen LogP contribution in [0.25, 0.3) is 16.2 Å². The van der Waals surface area contributed by atoms with Crippen LogP contribution in [0.4, 0.5) is 5.13 Å². The lowest BCUT2D eigenvalue weighted by atomic mass is 10.2. The van der Waals surface area contributed by atoms with Crippen molar-refractivity contribution in [3.05, 3.63) is 78.6 Å². The number of rotatable bonds is 6. The molecule has 140 valence electrons. The number of anilines is 1. The molecule has 1 aliphatic heterocycles. The van der Waals surface area contributed by atoms with Crippen molar-refractivity contribution in [3.8, 4) is 11.3 Å². The molecule has 0 N–H and O–H groups in total. The monoisotopic (exact) mass is 391 g/mol. The van der Waals surface area contributed by atoms with E-state index in [-0.39, 0.29) is 6.79 Å². The SMILES string of the molecule is C1=C(CN(Cc2ccccc2)c2nn3cc(-c4cccnc4)nc3s2)OCO1. The summed E-state index contributed by atoms with van der Waals surface area (Å²) in [5.41, 5.74) is 3.04. The van der Waals surface area contributed by atoms with Gasteiger partial charge in [-0.1, -0.05) is 41.7 Å². The van der Waals surface area contributed by atoms with Crippen molar-refractivity contribution < 1.29 is 9.47 Å². The second-order valence-electron chi connectivity index (χ2n) is 6.33. The average molecular weight is 391 g/mol. The topological polar surface area (TPSA) is 64.8 Å². The molecule has 0 aliphatic carbocycles. The van der Waals surface area contributed by atoms with Gasteiger partial charge in [-0.2, -0.15) is 0 Å². The maximum atomic E-state index is 5.52. The Hall–Kier alpha value is -3.39. The lowest BCUT2D eigenvalue weighted by Gasteiger charge is -2.21. The van der Waals surface area contributed by atoms with Gasteiger partial charge in [0.25, 0.3) is 0 Å². The molecule has 28 heavy (non-hydrogen) atoms. The molecule has 3 aromatic heterocycles. The van der Waals surface area contributed by atoms with Crippen molar-refractivity contribution in [2.45, 2.75) is 6.54 Å². The molecule has 1 aliphatic rings. The van der Waals surface area contributed by atoms with E-state index in [1.807, 2.05) is 41.0 Å². The number of aromatic nitrogens is 4. The zero-order valence-electron chi connectivity index (χ0n) is 14.9. The van der Waals surface area contributed by atoms with Crippen LogP contribution in [0.1, 0.15) is 5.56 Å². The molecular formula is C20H17N5O2S. The minimum absolute atomic E-state index is 0.268. The molecule has 0 saturated carbocycles. The molecule has 4 heterocycles. The van der Waals surface area contributed by atoms with Gasteiger partial charge >= 0.3 is 0 Å². The summed E-state index contributed by atoms with van der Waals surface area (Å²) < 4.78 is 12.5. The molecule has 1 aromatic carbocycles. The van der Waals surface area contributed by atoms with E-state index in [9.17, 15) is 0 Å². The van der Waals surface area contributed by atoms with Crippen LogP contribution in [0.5, 0.6) is 0 Å². The fraction of sp³-hybridized carbons (Fsp3) is 0.150. The average Bonchev–Trinajstić information content (AvgIpc) is 3.45. The summed E-state index contributed by atoms with van der Waals surface area (Å²) in [6, 6.07) is 14.2. The number of pyridine rings is 1. The van der Waals surface area contributed by atoms with Crippen LogP contribution >= 0.6 is 11.3 Å². The minimum atomic E-state index is 0.268. The zero-order valence-corrected chi connectivity index (χ0v) is 15.7. The summed E-state index contributed by atoms with van der Waals surface area (Å²) in [6.45, 7) is 1.57. The third-order valence-electron chi connectivity index (χ3n) is 4.35. The molecule has 0 fully saturated rings. The number of ether oxygens (including phenoxy) is 2. The Morgan fingerprint density at radius 1 is 1.11 bits per heavy atom. The first-order chi connectivity index (χ1) is 13.8. The van der Waals surface area contributed by atoms with Crippen molar-refractivity contribution in [1.82, 2.24) is 19.6 Å². The van der Waals surface area contributed by atoms with Crippen molar-refractivity contribution in [2.75, 3.05) is 18.2 Å². The first-order valence-electron chi connectivity index (χ1n) is 8.84. The van der Waals surface area contributed by atoms with Crippen LogP contribution in [-0.4, -0.2) is 32.9 Å². The predicted molar refractivity (Wildman–Crippen MR) is 107 cm³/mol. The van der Waals surface area contributed by atoms with Gasteiger partial charge in [0.2, 0.25) is 16.9 Å². The summed E-state index contributed by atoms with van der Waals surface area (Å²) >= 11 is 1.55. The quantitative estimate of drug-likeness (QED) is 0.499. The number of hydrogen-bond acceptors (Lipinski definition) is 7. The molecule has 0 bridgehead atoms. The van der Waals surface area contributed by atoms with Crippen LogP contribution in [0.15, 0.2) is 73.1 Å². The highest BCUT2D eigenvalue weighted by atomic mass is 32.1. The van der Waals surface area contributed by atoms with Crippen molar-refractivity contribution in [1.29, 1.82) is 0 Å². The lowest BCUT2D eigenvalue weighted by Crippen LogP contribution is -2.25. The molecule has 0 spiro atoms. The van der Waals surface area contributed by atoms with Gasteiger partial charge in [-0.25, -0.2) is 9.50 Å². The van der Waals surface area contributed by atoms with Crippen LogP contribution in [-0.2, 0) is 16.0 Å². The summed E-state index contributed by atoms with van der Waals surface area (Å²) in [4.78, 5) is 11.9. The Bertz CT molecular complexity index is 1080. The van der Waals surface area contributed by atoms with E-state index < -0.39 is 0 Å². The van der Waals surface area contributed by atoms with Gasteiger partial charge in [0.1, 0.15) is 6.26 Å². The molecule has 4 aromatic rings. The largest absolute Gasteiger partial charge is 0.462 e. The number of hydrogen-bond donors (Lipinski definition) is 0. The smallest absolute Gasteiger partial charge is 0.229 e. The molecule has 0 amide bonds. The summed E-state index contributed by atoms with van der Waals surface area (Å²) in [6.07, 6.45) is 7.15. The molecule has 0 saturated heterocycles. The van der Waals surface area contributed by atoms with E-state index in [0.29, 0.717) is 13.1 Å².